The van der Waals surface area contributed by atoms with Crippen molar-refractivity contribution in [3.63, 3.8) is 0 Å². The number of carbonyl (C=O) groups excluding carboxylic acids is 3. The van der Waals surface area contributed by atoms with Crippen molar-refractivity contribution in [1.29, 1.82) is 0 Å². The van der Waals surface area contributed by atoms with Crippen molar-refractivity contribution in [3.05, 3.63) is 66.0 Å². The van der Waals surface area contributed by atoms with Crippen LogP contribution in [0.2, 0.25) is 0 Å². The van der Waals surface area contributed by atoms with Crippen molar-refractivity contribution in [1.82, 2.24) is 14.7 Å². The zero-order valence-corrected chi connectivity index (χ0v) is 20.8. The molecule has 0 radical (unpaired) electrons. The fourth-order valence-corrected chi connectivity index (χ4v) is 4.93. The SMILES string of the molecule is CN(Cc1ccccc1)C(=O)C[C@H]1CN(C(=O)CCN2CCCC2=O)CC[C@@H]1Oc1ccc(F)cc1. The van der Waals surface area contributed by atoms with Gasteiger partial charge in [0.25, 0.3) is 0 Å². The minimum Gasteiger partial charge on any atom is -0.490 e. The summed E-state index contributed by atoms with van der Waals surface area (Å²) in [5.41, 5.74) is 1.05. The molecule has 2 saturated heterocycles. The molecule has 0 N–H and O–H groups in total. The van der Waals surface area contributed by atoms with Crippen LogP contribution in [0.1, 0.15) is 37.7 Å². The maximum Gasteiger partial charge on any atom is 0.224 e. The Morgan fingerprint density at radius 1 is 1.08 bits per heavy atom. The summed E-state index contributed by atoms with van der Waals surface area (Å²) in [5, 5.41) is 0. The van der Waals surface area contributed by atoms with E-state index in [9.17, 15) is 18.8 Å². The average molecular weight is 496 g/mol. The Balaban J connectivity index is 1.40. The van der Waals surface area contributed by atoms with Crippen molar-refractivity contribution in [2.45, 2.75) is 44.8 Å². The second-order valence-electron chi connectivity index (χ2n) is 9.67. The first-order valence-corrected chi connectivity index (χ1v) is 12.6. The van der Waals surface area contributed by atoms with E-state index in [4.69, 9.17) is 4.74 Å². The predicted molar refractivity (Wildman–Crippen MR) is 133 cm³/mol. The molecule has 0 spiro atoms. The van der Waals surface area contributed by atoms with Gasteiger partial charge < -0.3 is 19.4 Å². The maximum absolute atomic E-state index is 13.4. The van der Waals surface area contributed by atoms with Gasteiger partial charge in [-0.05, 0) is 36.2 Å². The third-order valence-corrected chi connectivity index (χ3v) is 7.01. The van der Waals surface area contributed by atoms with Gasteiger partial charge in [-0.25, -0.2) is 4.39 Å². The van der Waals surface area contributed by atoms with Crippen LogP contribution in [-0.4, -0.2) is 71.8 Å². The number of nitrogens with zero attached hydrogens (tertiary/aromatic N) is 3. The average Bonchev–Trinajstić information content (AvgIpc) is 3.30. The minimum atomic E-state index is -0.339. The lowest BCUT2D eigenvalue weighted by molar-refractivity contribution is -0.139. The lowest BCUT2D eigenvalue weighted by Crippen LogP contribution is -2.49. The molecule has 2 aromatic rings. The number of hydrogen-bond donors (Lipinski definition) is 0. The summed E-state index contributed by atoms with van der Waals surface area (Å²) in [5.74, 6) is 0.0851. The summed E-state index contributed by atoms with van der Waals surface area (Å²) in [6.07, 6.45) is 2.23. The Morgan fingerprint density at radius 2 is 1.83 bits per heavy atom. The molecule has 2 aromatic carbocycles. The molecule has 0 saturated carbocycles. The van der Waals surface area contributed by atoms with Gasteiger partial charge in [-0.1, -0.05) is 30.3 Å². The number of benzene rings is 2. The van der Waals surface area contributed by atoms with Crippen molar-refractivity contribution in [2.75, 3.05) is 33.2 Å². The van der Waals surface area contributed by atoms with Crippen LogP contribution in [0.25, 0.3) is 0 Å². The second kappa shape index (κ2) is 12.0. The van der Waals surface area contributed by atoms with Crippen LogP contribution in [0.5, 0.6) is 5.75 Å². The highest BCUT2D eigenvalue weighted by atomic mass is 19.1. The molecule has 2 aliphatic heterocycles. The van der Waals surface area contributed by atoms with E-state index in [-0.39, 0.29) is 48.4 Å². The Morgan fingerprint density at radius 3 is 2.53 bits per heavy atom. The molecule has 36 heavy (non-hydrogen) atoms. The molecule has 0 aromatic heterocycles. The van der Waals surface area contributed by atoms with Gasteiger partial charge in [0.15, 0.2) is 0 Å². The highest BCUT2D eigenvalue weighted by molar-refractivity contribution is 5.80. The molecule has 0 bridgehead atoms. The Labute approximate surface area is 211 Å². The summed E-state index contributed by atoms with van der Waals surface area (Å²) in [6, 6.07) is 15.7. The lowest BCUT2D eigenvalue weighted by atomic mass is 9.90. The van der Waals surface area contributed by atoms with E-state index in [2.05, 4.69) is 0 Å². The first-order chi connectivity index (χ1) is 17.4. The smallest absolute Gasteiger partial charge is 0.224 e. The van der Waals surface area contributed by atoms with E-state index in [1.54, 1.807) is 33.9 Å². The summed E-state index contributed by atoms with van der Waals surface area (Å²) in [4.78, 5) is 43.3. The summed E-state index contributed by atoms with van der Waals surface area (Å²) >= 11 is 0. The molecule has 2 atom stereocenters. The zero-order valence-electron chi connectivity index (χ0n) is 20.8. The first-order valence-electron chi connectivity index (χ1n) is 12.6. The largest absolute Gasteiger partial charge is 0.490 e. The van der Waals surface area contributed by atoms with Crippen LogP contribution in [0.4, 0.5) is 4.39 Å². The van der Waals surface area contributed by atoms with E-state index < -0.39 is 0 Å². The van der Waals surface area contributed by atoms with Gasteiger partial charge in [0.2, 0.25) is 17.7 Å². The molecule has 192 valence electrons. The van der Waals surface area contributed by atoms with Gasteiger partial charge in [-0.15, -0.1) is 0 Å². The van der Waals surface area contributed by atoms with Gasteiger partial charge >= 0.3 is 0 Å². The molecule has 4 rings (SSSR count). The third-order valence-electron chi connectivity index (χ3n) is 7.01. The van der Waals surface area contributed by atoms with Crippen molar-refractivity contribution >= 4 is 17.7 Å². The van der Waals surface area contributed by atoms with Gasteiger partial charge in [-0.2, -0.15) is 0 Å². The fraction of sp³-hybridized carbons (Fsp3) is 0.464. The molecule has 2 aliphatic rings. The molecule has 8 heteroatoms. The van der Waals surface area contributed by atoms with Gasteiger partial charge in [-0.3, -0.25) is 14.4 Å². The molecule has 2 fully saturated rings. The number of carbonyl (C=O) groups is 3. The molecular weight excluding hydrogens is 461 g/mol. The minimum absolute atomic E-state index is 0.00924. The van der Waals surface area contributed by atoms with Gasteiger partial charge in [0.1, 0.15) is 17.7 Å². The Hall–Kier alpha value is -3.42. The first kappa shape index (κ1) is 25.7. The summed E-state index contributed by atoms with van der Waals surface area (Å²) < 4.78 is 19.5. The maximum atomic E-state index is 13.4. The van der Waals surface area contributed by atoms with Crippen LogP contribution < -0.4 is 4.74 Å². The summed E-state index contributed by atoms with van der Waals surface area (Å²) in [6.45, 7) is 2.58. The quantitative estimate of drug-likeness (QED) is 0.534. The second-order valence-corrected chi connectivity index (χ2v) is 9.67. The number of hydrogen-bond acceptors (Lipinski definition) is 4. The predicted octanol–water partition coefficient (Wildman–Crippen LogP) is 3.48. The molecule has 7 nitrogen and oxygen atoms in total. The number of ether oxygens (including phenoxy) is 1. The lowest BCUT2D eigenvalue weighted by Gasteiger charge is -2.39. The van der Waals surface area contributed by atoms with Crippen LogP contribution in [0, 0.1) is 11.7 Å². The normalized spacial score (nSPS) is 19.9. The Kier molecular flexibility index (Phi) is 8.57. The monoisotopic (exact) mass is 495 g/mol. The van der Waals surface area contributed by atoms with Crippen molar-refractivity contribution in [2.24, 2.45) is 5.92 Å². The highest BCUT2D eigenvalue weighted by Gasteiger charge is 2.35. The van der Waals surface area contributed by atoms with E-state index in [1.165, 1.54) is 12.1 Å². The fourth-order valence-electron chi connectivity index (χ4n) is 4.93. The number of amides is 3. The summed E-state index contributed by atoms with van der Waals surface area (Å²) in [7, 11) is 1.78. The van der Waals surface area contributed by atoms with Crippen LogP contribution in [0.3, 0.4) is 0 Å². The molecule has 2 heterocycles. The van der Waals surface area contributed by atoms with Gasteiger partial charge in [0.05, 0.1) is 0 Å². The van der Waals surface area contributed by atoms with Gasteiger partial charge in [0, 0.05) is 71.4 Å². The van der Waals surface area contributed by atoms with E-state index in [1.807, 2.05) is 30.3 Å². The van der Waals surface area contributed by atoms with Crippen molar-refractivity contribution < 1.29 is 23.5 Å². The van der Waals surface area contributed by atoms with E-state index in [0.29, 0.717) is 51.3 Å². The van der Waals surface area contributed by atoms with Crippen LogP contribution in [0.15, 0.2) is 54.6 Å². The number of rotatable bonds is 9. The van der Waals surface area contributed by atoms with E-state index in [0.717, 1.165) is 12.0 Å². The zero-order chi connectivity index (χ0) is 25.5. The van der Waals surface area contributed by atoms with Crippen molar-refractivity contribution in [3.8, 4) is 5.75 Å². The highest BCUT2D eigenvalue weighted by Crippen LogP contribution is 2.27. The van der Waals surface area contributed by atoms with Crippen LogP contribution in [-0.2, 0) is 20.9 Å². The van der Waals surface area contributed by atoms with Crippen LogP contribution >= 0.6 is 0 Å². The molecular formula is C28H34FN3O4. The number of piperidine rings is 1. The molecule has 0 unspecified atom stereocenters. The third kappa shape index (κ3) is 6.83. The standard InChI is InChI=1S/C28H34FN3O4/c1-30(19-21-6-3-2-4-7-21)28(35)18-22-20-32(27(34)14-17-31-15-5-8-26(31)33)16-13-25(22)36-24-11-9-23(29)10-12-24/h2-4,6-7,9-12,22,25H,5,8,13-20H2,1H3/t22-,25-/m0/s1. The topological polar surface area (TPSA) is 70.2 Å². The number of likely N-dealkylation sites (tertiary alicyclic amines) is 2. The molecule has 0 aliphatic carbocycles. The molecule has 3 amide bonds. The number of halogens is 1. The Bertz CT molecular complexity index is 1050. The van der Waals surface area contributed by atoms with E-state index >= 15 is 0 Å².